The Morgan fingerprint density at radius 3 is 2.36 bits per heavy atom. The molecule has 0 saturated heterocycles. The highest BCUT2D eigenvalue weighted by atomic mass is 16.5. The Morgan fingerprint density at radius 2 is 1.77 bits per heavy atom. The molecule has 0 saturated carbocycles. The topological polar surface area (TPSA) is 116 Å². The summed E-state index contributed by atoms with van der Waals surface area (Å²) in [6.07, 6.45) is 2.36. The zero-order valence-corrected chi connectivity index (χ0v) is 12.0. The molecule has 22 heavy (non-hydrogen) atoms. The van der Waals surface area contributed by atoms with E-state index < -0.39 is 17.8 Å². The SMILES string of the molecule is NCc1ccc(CN)c(C(=O)OCCN2C(=O)C=CC2=O)c1. The monoisotopic (exact) mass is 303 g/mol. The van der Waals surface area contributed by atoms with E-state index in [1.807, 2.05) is 0 Å². The maximum absolute atomic E-state index is 12.1. The minimum absolute atomic E-state index is 0.0188. The minimum Gasteiger partial charge on any atom is -0.460 e. The largest absolute Gasteiger partial charge is 0.460 e. The number of hydrogen-bond donors (Lipinski definition) is 2. The van der Waals surface area contributed by atoms with Crippen LogP contribution in [0.4, 0.5) is 0 Å². The number of nitrogens with two attached hydrogens (primary N) is 2. The lowest BCUT2D eigenvalue weighted by molar-refractivity contribution is -0.137. The Balaban J connectivity index is 1.97. The third-order valence-corrected chi connectivity index (χ3v) is 3.30. The fourth-order valence-corrected chi connectivity index (χ4v) is 2.08. The van der Waals surface area contributed by atoms with E-state index in [-0.39, 0.29) is 19.7 Å². The van der Waals surface area contributed by atoms with E-state index in [0.717, 1.165) is 10.5 Å². The van der Waals surface area contributed by atoms with Crippen LogP contribution in [0.5, 0.6) is 0 Å². The number of rotatable bonds is 6. The van der Waals surface area contributed by atoms with E-state index in [1.54, 1.807) is 18.2 Å². The summed E-state index contributed by atoms with van der Waals surface area (Å²) in [5.74, 6) is -1.37. The lowest BCUT2D eigenvalue weighted by Gasteiger charge is -2.14. The van der Waals surface area contributed by atoms with Crippen molar-refractivity contribution in [1.82, 2.24) is 4.90 Å². The van der Waals surface area contributed by atoms with Gasteiger partial charge < -0.3 is 16.2 Å². The number of ether oxygens (including phenoxy) is 1. The number of amides is 2. The van der Waals surface area contributed by atoms with Gasteiger partial charge in [-0.3, -0.25) is 14.5 Å². The molecule has 0 bridgehead atoms. The summed E-state index contributed by atoms with van der Waals surface area (Å²) in [5, 5.41) is 0. The first-order valence-electron chi connectivity index (χ1n) is 6.79. The summed E-state index contributed by atoms with van der Waals surface area (Å²) in [6, 6.07) is 5.17. The minimum atomic E-state index is -0.553. The highest BCUT2D eigenvalue weighted by Crippen LogP contribution is 2.13. The Hall–Kier alpha value is -2.51. The predicted octanol–water partition coefficient (Wildman–Crippen LogP) is -0.314. The average molecular weight is 303 g/mol. The summed E-state index contributed by atoms with van der Waals surface area (Å²) in [7, 11) is 0. The molecule has 1 aliphatic rings. The van der Waals surface area contributed by atoms with Crippen molar-refractivity contribution in [1.29, 1.82) is 0 Å². The molecule has 0 aromatic heterocycles. The summed E-state index contributed by atoms with van der Waals surface area (Å²) in [6.45, 7) is 0.440. The van der Waals surface area contributed by atoms with Crippen molar-refractivity contribution in [3.63, 3.8) is 0 Å². The number of benzene rings is 1. The number of nitrogens with zero attached hydrogens (tertiary/aromatic N) is 1. The summed E-state index contributed by atoms with van der Waals surface area (Å²) >= 11 is 0. The number of carbonyl (C=O) groups is 3. The van der Waals surface area contributed by atoms with Crippen LogP contribution >= 0.6 is 0 Å². The second-order valence-electron chi connectivity index (χ2n) is 4.70. The standard InChI is InChI=1S/C15H17N3O4/c16-8-10-1-2-11(9-17)12(7-10)15(21)22-6-5-18-13(19)3-4-14(18)20/h1-4,7H,5-6,8-9,16-17H2. The number of hydrogen-bond acceptors (Lipinski definition) is 6. The highest BCUT2D eigenvalue weighted by molar-refractivity contribution is 6.12. The van der Waals surface area contributed by atoms with Crippen molar-refractivity contribution in [3.05, 3.63) is 47.0 Å². The molecule has 7 nitrogen and oxygen atoms in total. The fourth-order valence-electron chi connectivity index (χ4n) is 2.08. The van der Waals surface area contributed by atoms with Gasteiger partial charge in [-0.05, 0) is 17.2 Å². The maximum atomic E-state index is 12.1. The van der Waals surface area contributed by atoms with Crippen LogP contribution in [0.25, 0.3) is 0 Å². The molecular weight excluding hydrogens is 286 g/mol. The van der Waals surface area contributed by atoms with Gasteiger partial charge in [0.05, 0.1) is 12.1 Å². The first kappa shape index (κ1) is 15.9. The van der Waals surface area contributed by atoms with Crippen molar-refractivity contribution in [2.24, 2.45) is 11.5 Å². The van der Waals surface area contributed by atoms with Crippen molar-refractivity contribution in [3.8, 4) is 0 Å². The maximum Gasteiger partial charge on any atom is 0.338 e. The van der Waals surface area contributed by atoms with Crippen LogP contribution in [0.15, 0.2) is 30.4 Å². The van der Waals surface area contributed by atoms with Gasteiger partial charge in [0.1, 0.15) is 6.61 Å². The molecule has 0 unspecified atom stereocenters. The Morgan fingerprint density at radius 1 is 1.09 bits per heavy atom. The van der Waals surface area contributed by atoms with E-state index in [9.17, 15) is 14.4 Å². The normalized spacial score (nSPS) is 13.8. The average Bonchev–Trinajstić information content (AvgIpc) is 2.85. The van der Waals surface area contributed by atoms with Crippen molar-refractivity contribution in [2.45, 2.75) is 13.1 Å². The van der Waals surface area contributed by atoms with Crippen molar-refractivity contribution < 1.29 is 19.1 Å². The fraction of sp³-hybridized carbons (Fsp3) is 0.267. The summed E-state index contributed by atoms with van der Waals surface area (Å²) in [5.41, 5.74) is 12.9. The Kier molecular flexibility index (Phi) is 5.03. The molecule has 4 N–H and O–H groups in total. The van der Waals surface area contributed by atoms with Gasteiger partial charge in [-0.25, -0.2) is 4.79 Å². The quantitative estimate of drug-likeness (QED) is 0.550. The molecule has 0 fully saturated rings. The van der Waals surface area contributed by atoms with Crippen LogP contribution in [-0.4, -0.2) is 35.8 Å². The molecule has 1 heterocycles. The van der Waals surface area contributed by atoms with E-state index >= 15 is 0 Å². The zero-order valence-electron chi connectivity index (χ0n) is 12.0. The molecule has 1 aromatic carbocycles. The van der Waals surface area contributed by atoms with E-state index in [4.69, 9.17) is 16.2 Å². The second kappa shape index (κ2) is 6.97. The summed E-state index contributed by atoms with van der Waals surface area (Å²) in [4.78, 5) is 35.8. The molecule has 1 aromatic rings. The zero-order chi connectivity index (χ0) is 16.1. The van der Waals surface area contributed by atoms with Gasteiger partial charge in [-0.1, -0.05) is 12.1 Å². The molecule has 2 rings (SSSR count). The number of imide groups is 1. The van der Waals surface area contributed by atoms with Crippen LogP contribution in [0.1, 0.15) is 21.5 Å². The number of esters is 1. The first-order valence-corrected chi connectivity index (χ1v) is 6.79. The van der Waals surface area contributed by atoms with Gasteiger partial charge in [0.25, 0.3) is 11.8 Å². The molecule has 7 heteroatoms. The van der Waals surface area contributed by atoms with E-state index in [1.165, 1.54) is 12.2 Å². The Bertz CT molecular complexity index is 622. The van der Waals surface area contributed by atoms with E-state index in [0.29, 0.717) is 17.7 Å². The molecule has 1 aliphatic heterocycles. The van der Waals surface area contributed by atoms with Crippen LogP contribution < -0.4 is 11.5 Å². The Labute approximate surface area is 127 Å². The van der Waals surface area contributed by atoms with Crippen LogP contribution in [0.2, 0.25) is 0 Å². The van der Waals surface area contributed by atoms with E-state index in [2.05, 4.69) is 0 Å². The van der Waals surface area contributed by atoms with Gasteiger partial charge in [-0.15, -0.1) is 0 Å². The molecular formula is C15H17N3O4. The molecule has 2 amide bonds. The molecule has 0 atom stereocenters. The van der Waals surface area contributed by atoms with Gasteiger partial charge >= 0.3 is 5.97 Å². The van der Waals surface area contributed by atoms with Gasteiger partial charge in [0.15, 0.2) is 0 Å². The van der Waals surface area contributed by atoms with Crippen LogP contribution in [0.3, 0.4) is 0 Å². The first-order chi connectivity index (χ1) is 10.6. The molecule has 0 spiro atoms. The van der Waals surface area contributed by atoms with Gasteiger partial charge in [0, 0.05) is 25.2 Å². The molecule has 116 valence electrons. The van der Waals surface area contributed by atoms with Crippen LogP contribution in [0, 0.1) is 0 Å². The lowest BCUT2D eigenvalue weighted by atomic mass is 10.0. The second-order valence-corrected chi connectivity index (χ2v) is 4.70. The number of carbonyl (C=O) groups excluding carboxylic acids is 3. The predicted molar refractivity (Wildman–Crippen MR) is 78.4 cm³/mol. The molecule has 0 aliphatic carbocycles. The van der Waals surface area contributed by atoms with Crippen LogP contribution in [-0.2, 0) is 27.4 Å². The smallest absolute Gasteiger partial charge is 0.338 e. The highest BCUT2D eigenvalue weighted by Gasteiger charge is 2.23. The van der Waals surface area contributed by atoms with Crippen molar-refractivity contribution in [2.75, 3.05) is 13.2 Å². The van der Waals surface area contributed by atoms with Gasteiger partial charge in [0.2, 0.25) is 0 Å². The summed E-state index contributed by atoms with van der Waals surface area (Å²) < 4.78 is 5.12. The van der Waals surface area contributed by atoms with Gasteiger partial charge in [-0.2, -0.15) is 0 Å². The molecule has 0 radical (unpaired) electrons. The van der Waals surface area contributed by atoms with Crippen molar-refractivity contribution >= 4 is 17.8 Å². The lowest BCUT2D eigenvalue weighted by Crippen LogP contribution is -2.33. The third kappa shape index (κ3) is 3.38. The third-order valence-electron chi connectivity index (χ3n) is 3.30.